The minimum atomic E-state index is 0.292. The predicted molar refractivity (Wildman–Crippen MR) is 89.6 cm³/mol. The summed E-state index contributed by atoms with van der Waals surface area (Å²) >= 11 is 4.61. The van der Waals surface area contributed by atoms with Gasteiger partial charge in [0.15, 0.2) is 0 Å². The summed E-state index contributed by atoms with van der Waals surface area (Å²) in [6.45, 7) is 6.12. The smallest absolute Gasteiger partial charge is 0.0705 e. The van der Waals surface area contributed by atoms with Gasteiger partial charge in [0, 0.05) is 11.6 Å². The summed E-state index contributed by atoms with van der Waals surface area (Å²) in [4.78, 5) is 3.99. The number of nitrogen functional groups attached to an aromatic ring is 1. The summed E-state index contributed by atoms with van der Waals surface area (Å²) in [5.74, 6) is 0.292. The SMILES string of the molecule is C=c1cc(N)ccc1=CC=C1C=CC(N=C=S)=CC1C. The maximum atomic E-state index is 5.72. The molecule has 1 aliphatic rings. The van der Waals surface area contributed by atoms with E-state index in [4.69, 9.17) is 5.73 Å². The average molecular weight is 280 g/mol. The Morgan fingerprint density at radius 3 is 2.80 bits per heavy atom. The molecule has 1 atom stereocenters. The van der Waals surface area contributed by atoms with Crippen molar-refractivity contribution >= 4 is 35.7 Å². The highest BCUT2D eigenvalue weighted by Crippen LogP contribution is 2.22. The molecular weight excluding hydrogens is 264 g/mol. The number of nitrogens with two attached hydrogens (primary N) is 1. The molecule has 20 heavy (non-hydrogen) atoms. The molecule has 0 saturated carbocycles. The monoisotopic (exact) mass is 280 g/mol. The van der Waals surface area contributed by atoms with Crippen LogP contribution in [0.2, 0.25) is 0 Å². The predicted octanol–water partition coefficient (Wildman–Crippen LogP) is 2.58. The van der Waals surface area contributed by atoms with Crippen LogP contribution in [0.5, 0.6) is 0 Å². The fourth-order valence-electron chi connectivity index (χ4n) is 2.05. The van der Waals surface area contributed by atoms with Gasteiger partial charge < -0.3 is 5.73 Å². The van der Waals surface area contributed by atoms with Crippen molar-refractivity contribution in [1.82, 2.24) is 0 Å². The number of hydrogen-bond acceptors (Lipinski definition) is 3. The first-order valence-electron chi connectivity index (χ1n) is 6.34. The van der Waals surface area contributed by atoms with Crippen molar-refractivity contribution in [2.75, 3.05) is 5.73 Å². The second-order valence-electron chi connectivity index (χ2n) is 4.71. The number of rotatable bonds is 2. The molecular formula is C17H16N2S. The van der Waals surface area contributed by atoms with E-state index in [1.54, 1.807) is 0 Å². The van der Waals surface area contributed by atoms with Crippen LogP contribution in [0.1, 0.15) is 6.92 Å². The van der Waals surface area contributed by atoms with E-state index in [-0.39, 0.29) is 0 Å². The van der Waals surface area contributed by atoms with Crippen LogP contribution in [0.25, 0.3) is 12.7 Å². The van der Waals surface area contributed by atoms with Gasteiger partial charge >= 0.3 is 0 Å². The van der Waals surface area contributed by atoms with Gasteiger partial charge in [-0.25, -0.2) is 0 Å². The Hall–Kier alpha value is -2.22. The molecule has 0 radical (unpaired) electrons. The molecule has 3 heteroatoms. The van der Waals surface area contributed by atoms with E-state index in [0.29, 0.717) is 5.92 Å². The van der Waals surface area contributed by atoms with Crippen LogP contribution in [0.15, 0.2) is 58.8 Å². The van der Waals surface area contributed by atoms with E-state index in [2.05, 4.69) is 54.1 Å². The minimum absolute atomic E-state index is 0.292. The number of thiocarbonyl (C=S) groups is 1. The molecule has 2 rings (SSSR count). The number of aliphatic imine (C=N–C) groups is 1. The lowest BCUT2D eigenvalue weighted by atomic mass is 9.94. The molecule has 1 aromatic rings. The molecule has 0 bridgehead atoms. The van der Waals surface area contributed by atoms with Gasteiger partial charge in [-0.05, 0) is 46.4 Å². The minimum Gasteiger partial charge on any atom is -0.399 e. The number of benzene rings is 1. The normalized spacial score (nSPS) is 20.6. The molecule has 1 unspecified atom stereocenters. The van der Waals surface area contributed by atoms with E-state index in [0.717, 1.165) is 21.8 Å². The van der Waals surface area contributed by atoms with Gasteiger partial charge in [-0.15, -0.1) is 0 Å². The van der Waals surface area contributed by atoms with E-state index in [1.807, 2.05) is 30.4 Å². The summed E-state index contributed by atoms with van der Waals surface area (Å²) in [7, 11) is 0. The fraction of sp³-hybridized carbons (Fsp3) is 0.118. The van der Waals surface area contributed by atoms with Crippen molar-refractivity contribution in [2.45, 2.75) is 6.92 Å². The van der Waals surface area contributed by atoms with Gasteiger partial charge in [0.2, 0.25) is 0 Å². The van der Waals surface area contributed by atoms with E-state index in [1.165, 1.54) is 5.57 Å². The Balaban J connectivity index is 2.32. The van der Waals surface area contributed by atoms with E-state index in [9.17, 15) is 0 Å². The Morgan fingerprint density at radius 1 is 1.35 bits per heavy atom. The molecule has 0 heterocycles. The second-order valence-corrected chi connectivity index (χ2v) is 4.89. The Morgan fingerprint density at radius 2 is 2.15 bits per heavy atom. The van der Waals surface area contributed by atoms with E-state index >= 15 is 0 Å². The highest BCUT2D eigenvalue weighted by molar-refractivity contribution is 7.78. The largest absolute Gasteiger partial charge is 0.399 e. The number of nitrogens with zero attached hydrogens (tertiary/aromatic N) is 1. The highest BCUT2D eigenvalue weighted by Gasteiger charge is 2.08. The van der Waals surface area contributed by atoms with Crippen LogP contribution >= 0.6 is 12.2 Å². The van der Waals surface area contributed by atoms with Crippen molar-refractivity contribution in [3.63, 3.8) is 0 Å². The topological polar surface area (TPSA) is 38.4 Å². The Bertz CT molecular complexity index is 763. The van der Waals surface area contributed by atoms with Crippen molar-refractivity contribution in [3.05, 3.63) is 64.2 Å². The molecule has 0 aliphatic heterocycles. The molecule has 0 aromatic heterocycles. The third-order valence-corrected chi connectivity index (χ3v) is 3.28. The quantitative estimate of drug-likeness (QED) is 0.514. The number of allylic oxidation sites excluding steroid dienone is 5. The lowest BCUT2D eigenvalue weighted by Crippen LogP contribution is -2.22. The second kappa shape index (κ2) is 6.29. The van der Waals surface area contributed by atoms with Crippen LogP contribution in [0.3, 0.4) is 0 Å². The maximum Gasteiger partial charge on any atom is 0.0705 e. The lowest BCUT2D eigenvalue weighted by molar-refractivity contribution is 0.871. The summed E-state index contributed by atoms with van der Waals surface area (Å²) < 4.78 is 0. The molecule has 2 N–H and O–H groups in total. The molecule has 100 valence electrons. The zero-order valence-electron chi connectivity index (χ0n) is 11.3. The zero-order valence-corrected chi connectivity index (χ0v) is 12.2. The average Bonchev–Trinajstić information content (AvgIpc) is 2.40. The molecule has 0 saturated heterocycles. The van der Waals surface area contributed by atoms with Crippen molar-refractivity contribution in [1.29, 1.82) is 0 Å². The van der Waals surface area contributed by atoms with Gasteiger partial charge in [0.25, 0.3) is 0 Å². The van der Waals surface area contributed by atoms with Crippen LogP contribution in [0, 0.1) is 5.92 Å². The molecule has 0 spiro atoms. The first-order chi connectivity index (χ1) is 9.60. The third kappa shape index (κ3) is 3.41. The van der Waals surface area contributed by atoms with Crippen molar-refractivity contribution in [3.8, 4) is 0 Å². The third-order valence-electron chi connectivity index (χ3n) is 3.19. The Labute approximate surface area is 124 Å². The van der Waals surface area contributed by atoms with Gasteiger partial charge in [0.1, 0.15) is 0 Å². The van der Waals surface area contributed by atoms with Gasteiger partial charge in [-0.3, -0.25) is 0 Å². The summed E-state index contributed by atoms with van der Waals surface area (Å²) in [6, 6.07) is 5.73. The summed E-state index contributed by atoms with van der Waals surface area (Å²) in [6.07, 6.45) is 10.2. The van der Waals surface area contributed by atoms with Crippen LogP contribution in [-0.4, -0.2) is 5.16 Å². The summed E-state index contributed by atoms with van der Waals surface area (Å²) in [5, 5.41) is 4.38. The van der Waals surface area contributed by atoms with Crippen molar-refractivity contribution < 1.29 is 0 Å². The number of isothiocyanates is 1. The molecule has 1 aromatic carbocycles. The van der Waals surface area contributed by atoms with Crippen LogP contribution in [-0.2, 0) is 0 Å². The maximum absolute atomic E-state index is 5.72. The Kier molecular flexibility index (Phi) is 4.46. The van der Waals surface area contributed by atoms with Crippen molar-refractivity contribution in [2.24, 2.45) is 10.9 Å². The molecule has 2 nitrogen and oxygen atoms in total. The van der Waals surface area contributed by atoms with Crippen LogP contribution < -0.4 is 16.2 Å². The first kappa shape index (κ1) is 14.2. The lowest BCUT2D eigenvalue weighted by Gasteiger charge is -2.12. The standard InChI is InChI=1S/C17H16N2S/c1-12-9-16(18)7-5-14(12)3-4-15-6-8-17(19-11-20)10-13(15)2/h3-10,13H,1,18H2,2H3. The molecule has 1 aliphatic carbocycles. The summed E-state index contributed by atoms with van der Waals surface area (Å²) in [5.41, 5.74) is 8.52. The van der Waals surface area contributed by atoms with Gasteiger partial charge in [0.05, 0.1) is 10.9 Å². The van der Waals surface area contributed by atoms with Gasteiger partial charge in [-0.2, -0.15) is 4.99 Å². The molecule has 0 fully saturated rings. The molecule has 0 amide bonds. The number of hydrogen-bond donors (Lipinski definition) is 1. The van der Waals surface area contributed by atoms with E-state index < -0.39 is 0 Å². The zero-order chi connectivity index (χ0) is 14.5. The fourth-order valence-corrected chi connectivity index (χ4v) is 2.16. The van der Waals surface area contributed by atoms with Crippen LogP contribution in [0.4, 0.5) is 5.69 Å². The highest BCUT2D eigenvalue weighted by atomic mass is 32.1. The first-order valence-corrected chi connectivity index (χ1v) is 6.75. The number of anilines is 1. The van der Waals surface area contributed by atoms with Gasteiger partial charge in [-0.1, -0.05) is 43.9 Å².